The molecule has 0 bridgehead atoms. The molecule has 0 unspecified atom stereocenters. The summed E-state index contributed by atoms with van der Waals surface area (Å²) in [5, 5.41) is 6.22. The maximum absolute atomic E-state index is 13.0. The zero-order valence-electron chi connectivity index (χ0n) is 14.9. The van der Waals surface area contributed by atoms with E-state index >= 15 is 0 Å². The quantitative estimate of drug-likeness (QED) is 0.521. The van der Waals surface area contributed by atoms with Gasteiger partial charge in [-0.3, -0.25) is 4.79 Å². The Hall–Kier alpha value is -3.81. The molecule has 0 radical (unpaired) electrons. The molecule has 0 spiro atoms. The number of aromatic nitrogens is 2. The Balaban J connectivity index is 1.68. The van der Waals surface area contributed by atoms with Gasteiger partial charge in [-0.1, -0.05) is 35.5 Å². The zero-order chi connectivity index (χ0) is 19.9. The zero-order valence-corrected chi connectivity index (χ0v) is 14.9. The SMILES string of the molecule is CC(=O)N/C(=C\c1ccccc1)C(=O)OCc1nc(-c2ccc(F)cc2)no1. The summed E-state index contributed by atoms with van der Waals surface area (Å²) in [5.74, 6) is -1.23. The van der Waals surface area contributed by atoms with Crippen molar-refractivity contribution in [1.29, 1.82) is 0 Å². The fraction of sp³-hybridized carbons (Fsp3) is 0.100. The van der Waals surface area contributed by atoms with Crippen LogP contribution in [0.4, 0.5) is 4.39 Å². The van der Waals surface area contributed by atoms with Crippen molar-refractivity contribution in [3.8, 4) is 11.4 Å². The van der Waals surface area contributed by atoms with Crippen molar-refractivity contribution in [3.05, 3.63) is 77.6 Å². The van der Waals surface area contributed by atoms with E-state index in [0.717, 1.165) is 5.56 Å². The average molecular weight is 381 g/mol. The highest BCUT2D eigenvalue weighted by Gasteiger charge is 2.16. The van der Waals surface area contributed by atoms with Crippen molar-refractivity contribution in [3.63, 3.8) is 0 Å². The van der Waals surface area contributed by atoms with Crippen LogP contribution < -0.4 is 5.32 Å². The molecule has 3 rings (SSSR count). The van der Waals surface area contributed by atoms with Crippen molar-refractivity contribution >= 4 is 18.0 Å². The lowest BCUT2D eigenvalue weighted by Gasteiger charge is -2.07. The lowest BCUT2D eigenvalue weighted by molar-refractivity contribution is -0.142. The summed E-state index contributed by atoms with van der Waals surface area (Å²) in [5.41, 5.74) is 1.27. The minimum absolute atomic E-state index is 0.0167. The van der Waals surface area contributed by atoms with Gasteiger partial charge in [-0.05, 0) is 35.9 Å². The first-order chi connectivity index (χ1) is 13.5. The van der Waals surface area contributed by atoms with Crippen molar-refractivity contribution in [2.75, 3.05) is 0 Å². The Morgan fingerprint density at radius 3 is 2.54 bits per heavy atom. The number of benzene rings is 2. The van der Waals surface area contributed by atoms with Crippen LogP contribution in [0.3, 0.4) is 0 Å². The van der Waals surface area contributed by atoms with Gasteiger partial charge in [-0.2, -0.15) is 4.98 Å². The van der Waals surface area contributed by atoms with Gasteiger partial charge in [0.1, 0.15) is 11.5 Å². The van der Waals surface area contributed by atoms with Crippen LogP contribution in [0.15, 0.2) is 64.8 Å². The molecule has 1 aromatic heterocycles. The third-order valence-electron chi connectivity index (χ3n) is 3.54. The molecular formula is C20H16FN3O4. The number of nitrogens with zero attached hydrogens (tertiary/aromatic N) is 2. The number of amides is 1. The van der Waals surface area contributed by atoms with Crippen molar-refractivity contribution in [2.45, 2.75) is 13.5 Å². The average Bonchev–Trinajstić information content (AvgIpc) is 3.15. The van der Waals surface area contributed by atoms with E-state index in [4.69, 9.17) is 9.26 Å². The number of carbonyl (C=O) groups is 2. The lowest BCUT2D eigenvalue weighted by Crippen LogP contribution is -2.26. The molecule has 2 aromatic carbocycles. The number of carbonyl (C=O) groups excluding carboxylic acids is 2. The number of hydrogen-bond acceptors (Lipinski definition) is 6. The molecule has 0 aliphatic heterocycles. The highest BCUT2D eigenvalue weighted by molar-refractivity contribution is 5.97. The summed E-state index contributed by atoms with van der Waals surface area (Å²) in [6.45, 7) is 1.01. The summed E-state index contributed by atoms with van der Waals surface area (Å²) in [4.78, 5) is 27.8. The number of hydrogen-bond donors (Lipinski definition) is 1. The molecule has 0 saturated heterocycles. The third-order valence-corrected chi connectivity index (χ3v) is 3.54. The topological polar surface area (TPSA) is 94.3 Å². The molecule has 3 aromatic rings. The smallest absolute Gasteiger partial charge is 0.355 e. The van der Waals surface area contributed by atoms with Gasteiger partial charge in [-0.25, -0.2) is 9.18 Å². The van der Waals surface area contributed by atoms with Gasteiger partial charge < -0.3 is 14.6 Å². The summed E-state index contributed by atoms with van der Waals surface area (Å²) in [6.07, 6.45) is 1.50. The van der Waals surface area contributed by atoms with Crippen LogP contribution in [0.1, 0.15) is 18.4 Å². The Labute approximate surface area is 159 Å². The molecule has 7 nitrogen and oxygen atoms in total. The van der Waals surface area contributed by atoms with E-state index in [2.05, 4.69) is 15.5 Å². The van der Waals surface area contributed by atoms with E-state index in [9.17, 15) is 14.0 Å². The number of nitrogens with one attached hydrogen (secondary N) is 1. The second-order valence-electron chi connectivity index (χ2n) is 5.74. The minimum Gasteiger partial charge on any atom is -0.451 e. The first-order valence-corrected chi connectivity index (χ1v) is 8.31. The van der Waals surface area contributed by atoms with E-state index < -0.39 is 11.9 Å². The molecule has 1 amide bonds. The van der Waals surface area contributed by atoms with E-state index in [1.807, 2.05) is 6.07 Å². The molecule has 1 heterocycles. The van der Waals surface area contributed by atoms with Gasteiger partial charge in [0.15, 0.2) is 6.61 Å². The van der Waals surface area contributed by atoms with E-state index in [1.165, 1.54) is 37.3 Å². The van der Waals surface area contributed by atoms with Crippen molar-refractivity contribution in [2.24, 2.45) is 0 Å². The standard InChI is InChI=1S/C20H16FN3O4/c1-13(25)22-17(11-14-5-3-2-4-6-14)20(26)27-12-18-23-19(24-28-18)15-7-9-16(21)10-8-15/h2-11H,12H2,1H3,(H,22,25)/b17-11-. The molecule has 0 aliphatic rings. The largest absolute Gasteiger partial charge is 0.451 e. The van der Waals surface area contributed by atoms with Gasteiger partial charge >= 0.3 is 5.97 Å². The maximum atomic E-state index is 13.0. The fourth-order valence-corrected chi connectivity index (χ4v) is 2.29. The summed E-state index contributed by atoms with van der Waals surface area (Å²) < 4.78 is 23.2. The maximum Gasteiger partial charge on any atom is 0.355 e. The van der Waals surface area contributed by atoms with Crippen LogP contribution in [0.2, 0.25) is 0 Å². The highest BCUT2D eigenvalue weighted by Crippen LogP contribution is 2.16. The normalized spacial score (nSPS) is 11.1. The van der Waals surface area contributed by atoms with Crippen LogP contribution in [0, 0.1) is 5.82 Å². The molecule has 0 fully saturated rings. The first-order valence-electron chi connectivity index (χ1n) is 8.31. The number of esters is 1. The Kier molecular flexibility index (Phi) is 5.91. The molecule has 1 N–H and O–H groups in total. The second kappa shape index (κ2) is 8.72. The summed E-state index contributed by atoms with van der Waals surface area (Å²) in [6, 6.07) is 14.6. The van der Waals surface area contributed by atoms with Crippen molar-refractivity contribution in [1.82, 2.24) is 15.5 Å². The minimum atomic E-state index is -0.749. The van der Waals surface area contributed by atoms with Crippen LogP contribution in [-0.4, -0.2) is 22.0 Å². The predicted octanol–water partition coefficient (Wildman–Crippen LogP) is 3.10. The van der Waals surface area contributed by atoms with E-state index in [-0.39, 0.29) is 29.8 Å². The number of halogens is 1. The Morgan fingerprint density at radius 2 is 1.86 bits per heavy atom. The van der Waals surface area contributed by atoms with E-state index in [0.29, 0.717) is 5.56 Å². The lowest BCUT2D eigenvalue weighted by atomic mass is 10.2. The van der Waals surface area contributed by atoms with Gasteiger partial charge in [0, 0.05) is 12.5 Å². The van der Waals surface area contributed by atoms with Gasteiger partial charge in [0.05, 0.1) is 0 Å². The molecular weight excluding hydrogens is 365 g/mol. The van der Waals surface area contributed by atoms with Crippen LogP contribution in [0.5, 0.6) is 0 Å². The fourth-order valence-electron chi connectivity index (χ4n) is 2.29. The molecule has 8 heteroatoms. The molecule has 28 heavy (non-hydrogen) atoms. The van der Waals surface area contributed by atoms with Gasteiger partial charge in [0.2, 0.25) is 11.7 Å². The van der Waals surface area contributed by atoms with Crippen LogP contribution in [0.25, 0.3) is 17.5 Å². The van der Waals surface area contributed by atoms with Crippen LogP contribution >= 0.6 is 0 Å². The molecule has 0 saturated carbocycles. The molecule has 0 aliphatic carbocycles. The second-order valence-corrected chi connectivity index (χ2v) is 5.74. The van der Waals surface area contributed by atoms with Gasteiger partial charge in [-0.15, -0.1) is 0 Å². The number of rotatable bonds is 6. The third kappa shape index (κ3) is 5.10. The first kappa shape index (κ1) is 19.0. The summed E-state index contributed by atoms with van der Waals surface area (Å²) in [7, 11) is 0. The van der Waals surface area contributed by atoms with Gasteiger partial charge in [0.25, 0.3) is 5.89 Å². The highest BCUT2D eigenvalue weighted by atomic mass is 19.1. The number of ether oxygens (including phenoxy) is 1. The van der Waals surface area contributed by atoms with E-state index in [1.54, 1.807) is 24.3 Å². The van der Waals surface area contributed by atoms with Crippen molar-refractivity contribution < 1.29 is 23.2 Å². The predicted molar refractivity (Wildman–Crippen MR) is 97.7 cm³/mol. The summed E-state index contributed by atoms with van der Waals surface area (Å²) >= 11 is 0. The Bertz CT molecular complexity index is 998. The molecule has 142 valence electrons. The van der Waals surface area contributed by atoms with Crippen LogP contribution in [-0.2, 0) is 20.9 Å². The monoisotopic (exact) mass is 381 g/mol. The molecule has 0 atom stereocenters. The Morgan fingerprint density at radius 1 is 1.14 bits per heavy atom.